The Hall–Kier alpha value is -1.31. The van der Waals surface area contributed by atoms with E-state index in [0.717, 1.165) is 34.6 Å². The van der Waals surface area contributed by atoms with Crippen LogP contribution in [-0.2, 0) is 0 Å². The van der Waals surface area contributed by atoms with Crippen molar-refractivity contribution in [2.45, 2.75) is 25.9 Å². The van der Waals surface area contributed by atoms with Gasteiger partial charge in [0.15, 0.2) is 0 Å². The molecule has 0 radical (unpaired) electrons. The summed E-state index contributed by atoms with van der Waals surface area (Å²) in [5.41, 5.74) is 3.25. The monoisotopic (exact) mass is 260 g/mol. The molecule has 18 heavy (non-hydrogen) atoms. The van der Waals surface area contributed by atoms with Crippen LogP contribution in [0, 0.1) is 0 Å². The van der Waals surface area contributed by atoms with Gasteiger partial charge in [-0.3, -0.25) is 0 Å². The Bertz CT molecular complexity index is 488. The van der Waals surface area contributed by atoms with E-state index in [1.165, 1.54) is 0 Å². The maximum Gasteiger partial charge on any atom is 0.0790 e. The summed E-state index contributed by atoms with van der Waals surface area (Å²) in [7, 11) is 0. The van der Waals surface area contributed by atoms with Crippen molar-refractivity contribution in [1.82, 2.24) is 0 Å². The lowest BCUT2D eigenvalue weighted by Crippen LogP contribution is -1.96. The predicted octanol–water partition coefficient (Wildman–Crippen LogP) is 4.84. The highest BCUT2D eigenvalue weighted by atomic mass is 35.5. The Kier molecular flexibility index (Phi) is 4.40. The molecule has 0 aliphatic carbocycles. The van der Waals surface area contributed by atoms with E-state index >= 15 is 0 Å². The maximum absolute atomic E-state index is 9.90. The molecule has 0 amide bonds. The summed E-state index contributed by atoms with van der Waals surface area (Å²) in [6.07, 6.45) is 1.44. The van der Waals surface area contributed by atoms with E-state index in [2.05, 4.69) is 6.92 Å². The van der Waals surface area contributed by atoms with Crippen molar-refractivity contribution in [3.05, 3.63) is 59.1 Å². The molecule has 0 fully saturated rings. The third kappa shape index (κ3) is 3.12. The van der Waals surface area contributed by atoms with Crippen LogP contribution in [0.25, 0.3) is 11.1 Å². The highest BCUT2D eigenvalue weighted by molar-refractivity contribution is 6.30. The van der Waals surface area contributed by atoms with Gasteiger partial charge in [-0.15, -0.1) is 0 Å². The Morgan fingerprint density at radius 2 is 1.44 bits per heavy atom. The van der Waals surface area contributed by atoms with E-state index < -0.39 is 0 Å². The van der Waals surface area contributed by atoms with Gasteiger partial charge in [-0.25, -0.2) is 0 Å². The molecule has 0 aliphatic heterocycles. The van der Waals surface area contributed by atoms with Crippen molar-refractivity contribution in [2.75, 3.05) is 0 Å². The molecule has 2 aromatic rings. The fourth-order valence-corrected chi connectivity index (χ4v) is 2.11. The van der Waals surface area contributed by atoms with Gasteiger partial charge in [0.25, 0.3) is 0 Å². The Morgan fingerprint density at radius 1 is 0.944 bits per heavy atom. The summed E-state index contributed by atoms with van der Waals surface area (Å²) in [5.74, 6) is 0. The van der Waals surface area contributed by atoms with E-state index in [1.54, 1.807) is 0 Å². The van der Waals surface area contributed by atoms with Crippen LogP contribution in [0.2, 0.25) is 5.02 Å². The molecule has 2 heteroatoms. The van der Waals surface area contributed by atoms with Gasteiger partial charge < -0.3 is 5.11 Å². The first-order valence-electron chi connectivity index (χ1n) is 6.24. The molecule has 94 valence electrons. The van der Waals surface area contributed by atoms with Crippen LogP contribution in [0.4, 0.5) is 0 Å². The molecule has 0 saturated carbocycles. The second-order valence-corrected chi connectivity index (χ2v) is 4.87. The standard InChI is InChI=1S/C16H17ClO/c1-2-3-16(18)14-6-4-12(5-7-14)13-8-10-15(17)11-9-13/h4-11,16,18H,2-3H2,1H3. The quantitative estimate of drug-likeness (QED) is 0.834. The lowest BCUT2D eigenvalue weighted by Gasteiger charge is -2.10. The van der Waals surface area contributed by atoms with Gasteiger partial charge >= 0.3 is 0 Å². The topological polar surface area (TPSA) is 20.2 Å². The zero-order valence-electron chi connectivity index (χ0n) is 10.4. The average Bonchev–Trinajstić information content (AvgIpc) is 2.40. The number of halogens is 1. The van der Waals surface area contributed by atoms with Crippen LogP contribution in [0.3, 0.4) is 0 Å². The minimum Gasteiger partial charge on any atom is -0.388 e. The molecule has 1 N–H and O–H groups in total. The predicted molar refractivity (Wildman–Crippen MR) is 76.8 cm³/mol. The first-order chi connectivity index (χ1) is 8.70. The van der Waals surface area contributed by atoms with Gasteiger partial charge in [0.05, 0.1) is 6.10 Å². The molecule has 2 aromatic carbocycles. The van der Waals surface area contributed by atoms with Gasteiger partial charge in [-0.05, 0) is 35.2 Å². The van der Waals surface area contributed by atoms with Crippen LogP contribution < -0.4 is 0 Å². The highest BCUT2D eigenvalue weighted by Gasteiger charge is 2.06. The van der Waals surface area contributed by atoms with Gasteiger partial charge in [-0.2, -0.15) is 0 Å². The van der Waals surface area contributed by atoms with Crippen LogP contribution in [0.1, 0.15) is 31.4 Å². The van der Waals surface area contributed by atoms with Gasteiger partial charge in [-0.1, -0.05) is 61.3 Å². The molecule has 1 nitrogen and oxygen atoms in total. The Labute approximate surface area is 113 Å². The summed E-state index contributed by atoms with van der Waals surface area (Å²) in [6.45, 7) is 2.07. The number of benzene rings is 2. The van der Waals surface area contributed by atoms with Crippen LogP contribution >= 0.6 is 11.6 Å². The van der Waals surface area contributed by atoms with E-state index in [-0.39, 0.29) is 6.10 Å². The summed E-state index contributed by atoms with van der Waals surface area (Å²) < 4.78 is 0. The summed E-state index contributed by atoms with van der Waals surface area (Å²) in [5, 5.41) is 10.6. The van der Waals surface area contributed by atoms with E-state index in [0.29, 0.717) is 0 Å². The number of hydrogen-bond acceptors (Lipinski definition) is 1. The van der Waals surface area contributed by atoms with Crippen molar-refractivity contribution >= 4 is 11.6 Å². The van der Waals surface area contributed by atoms with Crippen LogP contribution in [0.5, 0.6) is 0 Å². The third-order valence-corrected chi connectivity index (χ3v) is 3.29. The van der Waals surface area contributed by atoms with Gasteiger partial charge in [0.1, 0.15) is 0 Å². The van der Waals surface area contributed by atoms with E-state index in [9.17, 15) is 5.11 Å². The second-order valence-electron chi connectivity index (χ2n) is 4.43. The van der Waals surface area contributed by atoms with Gasteiger partial charge in [0, 0.05) is 5.02 Å². The van der Waals surface area contributed by atoms with Crippen molar-refractivity contribution in [1.29, 1.82) is 0 Å². The second kappa shape index (κ2) is 6.03. The van der Waals surface area contributed by atoms with Crippen LogP contribution in [0.15, 0.2) is 48.5 Å². The molecule has 2 rings (SSSR count). The Balaban J connectivity index is 2.19. The van der Waals surface area contributed by atoms with Crippen molar-refractivity contribution in [3.63, 3.8) is 0 Å². The lowest BCUT2D eigenvalue weighted by molar-refractivity contribution is 0.166. The van der Waals surface area contributed by atoms with Crippen molar-refractivity contribution < 1.29 is 5.11 Å². The number of aliphatic hydroxyl groups excluding tert-OH is 1. The highest BCUT2D eigenvalue weighted by Crippen LogP contribution is 2.24. The summed E-state index contributed by atoms with van der Waals surface area (Å²) in [4.78, 5) is 0. The molecule has 0 saturated heterocycles. The first kappa shape index (κ1) is 13.1. The number of aliphatic hydroxyl groups is 1. The fraction of sp³-hybridized carbons (Fsp3) is 0.250. The molecule has 0 spiro atoms. The van der Waals surface area contributed by atoms with E-state index in [4.69, 9.17) is 11.6 Å². The number of hydrogen-bond donors (Lipinski definition) is 1. The molecule has 1 atom stereocenters. The maximum atomic E-state index is 9.90. The van der Waals surface area contributed by atoms with Crippen LogP contribution in [-0.4, -0.2) is 5.11 Å². The largest absolute Gasteiger partial charge is 0.388 e. The number of rotatable bonds is 4. The normalized spacial score (nSPS) is 12.4. The smallest absolute Gasteiger partial charge is 0.0790 e. The SMILES string of the molecule is CCCC(O)c1ccc(-c2ccc(Cl)cc2)cc1. The molecule has 1 unspecified atom stereocenters. The van der Waals surface area contributed by atoms with Gasteiger partial charge in [0.2, 0.25) is 0 Å². The third-order valence-electron chi connectivity index (χ3n) is 3.04. The van der Waals surface area contributed by atoms with E-state index in [1.807, 2.05) is 48.5 Å². The first-order valence-corrected chi connectivity index (χ1v) is 6.62. The molecule has 0 aromatic heterocycles. The lowest BCUT2D eigenvalue weighted by atomic mass is 10.0. The fourth-order valence-electron chi connectivity index (χ4n) is 1.98. The summed E-state index contributed by atoms with van der Waals surface area (Å²) >= 11 is 5.87. The minimum atomic E-state index is -0.353. The Morgan fingerprint density at radius 3 is 1.94 bits per heavy atom. The average molecular weight is 261 g/mol. The summed E-state index contributed by atoms with van der Waals surface area (Å²) in [6, 6.07) is 15.8. The zero-order valence-corrected chi connectivity index (χ0v) is 11.2. The minimum absolute atomic E-state index is 0.353. The van der Waals surface area contributed by atoms with Crippen molar-refractivity contribution in [2.24, 2.45) is 0 Å². The molecule has 0 bridgehead atoms. The zero-order chi connectivity index (χ0) is 13.0. The molecular formula is C16H17ClO. The molecule has 0 aliphatic rings. The van der Waals surface area contributed by atoms with Crippen molar-refractivity contribution in [3.8, 4) is 11.1 Å². The molecule has 0 heterocycles. The molecular weight excluding hydrogens is 244 g/mol.